The minimum absolute atomic E-state index is 0.165. The molecule has 3 rings (SSSR count). The lowest BCUT2D eigenvalue weighted by atomic mass is 10.1. The molecular formula is C27H28O5. The zero-order valence-electron chi connectivity index (χ0n) is 18.7. The summed E-state index contributed by atoms with van der Waals surface area (Å²) in [5, 5.41) is 0. The molecule has 0 amide bonds. The molecule has 0 saturated heterocycles. The van der Waals surface area contributed by atoms with Crippen molar-refractivity contribution in [3.8, 4) is 23.0 Å². The second-order valence-electron chi connectivity index (χ2n) is 6.90. The second kappa shape index (κ2) is 11.6. The normalized spacial score (nSPS) is 10.7. The fourth-order valence-corrected chi connectivity index (χ4v) is 3.13. The van der Waals surface area contributed by atoms with E-state index in [1.54, 1.807) is 31.4 Å². The SMILES string of the molecule is CCOc1ccc(C(=O)C=Cc2ccc(OC)cc2OCc2ccccc2)c(OCC)c1. The first-order chi connectivity index (χ1) is 15.6. The number of allylic oxidation sites excluding steroid dienone is 1. The van der Waals surface area contributed by atoms with Gasteiger partial charge < -0.3 is 18.9 Å². The van der Waals surface area contributed by atoms with Crippen LogP contribution in [0.5, 0.6) is 23.0 Å². The Morgan fingerprint density at radius 3 is 2.25 bits per heavy atom. The zero-order valence-corrected chi connectivity index (χ0v) is 18.7. The fourth-order valence-electron chi connectivity index (χ4n) is 3.13. The smallest absolute Gasteiger partial charge is 0.189 e. The van der Waals surface area contributed by atoms with Crippen LogP contribution in [0.4, 0.5) is 0 Å². The van der Waals surface area contributed by atoms with Crippen molar-refractivity contribution in [2.24, 2.45) is 0 Å². The first-order valence-corrected chi connectivity index (χ1v) is 10.6. The van der Waals surface area contributed by atoms with Crippen molar-refractivity contribution < 1.29 is 23.7 Å². The molecule has 0 heterocycles. The van der Waals surface area contributed by atoms with Crippen molar-refractivity contribution in [1.29, 1.82) is 0 Å². The predicted octanol–water partition coefficient (Wildman–Crippen LogP) is 5.97. The molecule has 0 spiro atoms. The number of hydrogen-bond donors (Lipinski definition) is 0. The third-order valence-corrected chi connectivity index (χ3v) is 4.70. The van der Waals surface area contributed by atoms with Crippen LogP contribution in [-0.2, 0) is 6.61 Å². The van der Waals surface area contributed by atoms with Crippen LogP contribution in [0.25, 0.3) is 6.08 Å². The van der Waals surface area contributed by atoms with Crippen molar-refractivity contribution in [3.05, 3.63) is 89.5 Å². The van der Waals surface area contributed by atoms with Crippen LogP contribution >= 0.6 is 0 Å². The Kier molecular flexibility index (Phi) is 8.32. The first kappa shape index (κ1) is 22.9. The third kappa shape index (κ3) is 6.14. The van der Waals surface area contributed by atoms with Gasteiger partial charge in [0.1, 0.15) is 29.6 Å². The van der Waals surface area contributed by atoms with Crippen molar-refractivity contribution in [1.82, 2.24) is 0 Å². The van der Waals surface area contributed by atoms with Crippen molar-refractivity contribution in [3.63, 3.8) is 0 Å². The maximum absolute atomic E-state index is 12.9. The average molecular weight is 433 g/mol. The molecule has 0 saturated carbocycles. The Hall–Kier alpha value is -3.73. The quantitative estimate of drug-likeness (QED) is 0.276. The van der Waals surface area contributed by atoms with Gasteiger partial charge in [-0.2, -0.15) is 0 Å². The van der Waals surface area contributed by atoms with Gasteiger partial charge in [-0.25, -0.2) is 0 Å². The summed E-state index contributed by atoms with van der Waals surface area (Å²) in [6, 6.07) is 20.7. The Morgan fingerprint density at radius 1 is 0.812 bits per heavy atom. The highest BCUT2D eigenvalue weighted by Gasteiger charge is 2.12. The van der Waals surface area contributed by atoms with Crippen LogP contribution < -0.4 is 18.9 Å². The van der Waals surface area contributed by atoms with Crippen LogP contribution in [0.15, 0.2) is 72.8 Å². The number of ether oxygens (including phenoxy) is 4. The molecule has 3 aromatic rings. The number of carbonyl (C=O) groups excluding carboxylic acids is 1. The summed E-state index contributed by atoms with van der Waals surface area (Å²) in [6.45, 7) is 5.20. The van der Waals surface area contributed by atoms with Crippen LogP contribution in [-0.4, -0.2) is 26.1 Å². The molecule has 0 aliphatic carbocycles. The summed E-state index contributed by atoms with van der Waals surface area (Å²) in [6.07, 6.45) is 3.27. The molecule has 5 heteroatoms. The largest absolute Gasteiger partial charge is 0.497 e. The molecule has 0 fully saturated rings. The average Bonchev–Trinajstić information content (AvgIpc) is 2.82. The van der Waals surface area contributed by atoms with E-state index in [0.29, 0.717) is 48.4 Å². The highest BCUT2D eigenvalue weighted by atomic mass is 16.5. The van der Waals surface area contributed by atoms with E-state index in [4.69, 9.17) is 18.9 Å². The van der Waals surface area contributed by atoms with Gasteiger partial charge in [-0.05, 0) is 55.8 Å². The van der Waals surface area contributed by atoms with Crippen LogP contribution in [0.1, 0.15) is 35.3 Å². The molecule has 0 N–H and O–H groups in total. The van der Waals surface area contributed by atoms with Gasteiger partial charge in [0, 0.05) is 17.7 Å². The molecule has 0 aromatic heterocycles. The van der Waals surface area contributed by atoms with Gasteiger partial charge in [0.2, 0.25) is 0 Å². The summed E-state index contributed by atoms with van der Waals surface area (Å²) in [5.41, 5.74) is 2.31. The van der Waals surface area contributed by atoms with Crippen molar-refractivity contribution in [2.45, 2.75) is 20.5 Å². The van der Waals surface area contributed by atoms with Gasteiger partial charge in [-0.1, -0.05) is 30.3 Å². The summed E-state index contributed by atoms with van der Waals surface area (Å²) < 4.78 is 22.5. The third-order valence-electron chi connectivity index (χ3n) is 4.70. The second-order valence-corrected chi connectivity index (χ2v) is 6.90. The van der Waals surface area contributed by atoms with Gasteiger partial charge in [0.05, 0.1) is 25.9 Å². The van der Waals surface area contributed by atoms with Gasteiger partial charge in [-0.3, -0.25) is 4.79 Å². The first-order valence-electron chi connectivity index (χ1n) is 10.6. The number of hydrogen-bond acceptors (Lipinski definition) is 5. The molecule has 166 valence electrons. The highest BCUT2D eigenvalue weighted by molar-refractivity contribution is 6.08. The van der Waals surface area contributed by atoms with E-state index in [2.05, 4.69) is 0 Å². The zero-order chi connectivity index (χ0) is 22.8. The van der Waals surface area contributed by atoms with E-state index < -0.39 is 0 Å². The molecular weight excluding hydrogens is 404 g/mol. The van der Waals surface area contributed by atoms with Crippen LogP contribution in [0, 0.1) is 0 Å². The summed E-state index contributed by atoms with van der Waals surface area (Å²) in [4.78, 5) is 12.9. The van der Waals surface area contributed by atoms with Crippen LogP contribution in [0.3, 0.4) is 0 Å². The van der Waals surface area contributed by atoms with E-state index in [1.807, 2.05) is 62.4 Å². The standard InChI is InChI=1S/C27H28O5/c1-4-30-23-14-15-24(27(18-23)31-5-2)25(28)16-12-21-11-13-22(29-3)17-26(21)32-19-20-9-7-6-8-10-20/h6-18H,4-5,19H2,1-3H3. The van der Waals surface area contributed by atoms with E-state index in [9.17, 15) is 4.79 Å². The molecule has 32 heavy (non-hydrogen) atoms. The molecule has 3 aromatic carbocycles. The number of methoxy groups -OCH3 is 1. The maximum Gasteiger partial charge on any atom is 0.189 e. The molecule has 5 nitrogen and oxygen atoms in total. The number of benzene rings is 3. The predicted molar refractivity (Wildman–Crippen MR) is 126 cm³/mol. The Morgan fingerprint density at radius 2 is 1.53 bits per heavy atom. The topological polar surface area (TPSA) is 54.0 Å². The summed E-state index contributed by atoms with van der Waals surface area (Å²) in [7, 11) is 1.61. The number of rotatable bonds is 11. The van der Waals surface area contributed by atoms with Crippen molar-refractivity contribution >= 4 is 11.9 Å². The Labute approximate surface area is 189 Å². The molecule has 0 bridgehead atoms. The molecule has 0 unspecified atom stereocenters. The summed E-state index contributed by atoms with van der Waals surface area (Å²) >= 11 is 0. The minimum atomic E-state index is -0.165. The van der Waals surface area contributed by atoms with Gasteiger partial charge in [-0.15, -0.1) is 0 Å². The molecule has 0 atom stereocenters. The van der Waals surface area contributed by atoms with E-state index >= 15 is 0 Å². The van der Waals surface area contributed by atoms with E-state index in [-0.39, 0.29) is 5.78 Å². The Bertz CT molecular complexity index is 1060. The van der Waals surface area contributed by atoms with E-state index in [1.165, 1.54) is 6.08 Å². The highest BCUT2D eigenvalue weighted by Crippen LogP contribution is 2.29. The lowest BCUT2D eigenvalue weighted by Crippen LogP contribution is -2.03. The van der Waals surface area contributed by atoms with Crippen LogP contribution in [0.2, 0.25) is 0 Å². The lowest BCUT2D eigenvalue weighted by Gasteiger charge is -2.12. The molecule has 0 aliphatic heterocycles. The summed E-state index contributed by atoms with van der Waals surface area (Å²) in [5.74, 6) is 2.32. The maximum atomic E-state index is 12.9. The number of carbonyl (C=O) groups is 1. The lowest BCUT2D eigenvalue weighted by molar-refractivity contribution is 0.104. The van der Waals surface area contributed by atoms with E-state index in [0.717, 1.165) is 11.1 Å². The molecule has 0 aliphatic rings. The van der Waals surface area contributed by atoms with Gasteiger partial charge in [0.15, 0.2) is 5.78 Å². The monoisotopic (exact) mass is 432 g/mol. The molecule has 0 radical (unpaired) electrons. The Balaban J connectivity index is 1.82. The van der Waals surface area contributed by atoms with Gasteiger partial charge >= 0.3 is 0 Å². The van der Waals surface area contributed by atoms with Gasteiger partial charge in [0.25, 0.3) is 0 Å². The minimum Gasteiger partial charge on any atom is -0.497 e. The fraction of sp³-hybridized carbons (Fsp3) is 0.222. The number of ketones is 1. The van der Waals surface area contributed by atoms with Crippen molar-refractivity contribution in [2.75, 3.05) is 20.3 Å².